The predicted octanol–water partition coefficient (Wildman–Crippen LogP) is 3.17. The molecule has 0 amide bonds. The number of hydrogen-bond donors (Lipinski definition) is 0. The zero-order valence-electron chi connectivity index (χ0n) is 16.0. The van der Waals surface area contributed by atoms with E-state index in [-0.39, 0.29) is 22.7 Å². The highest BCUT2D eigenvalue weighted by Crippen LogP contribution is 2.32. The lowest BCUT2D eigenvalue weighted by atomic mass is 9.98. The molecule has 0 aliphatic carbocycles. The molecule has 0 N–H and O–H groups in total. The second kappa shape index (κ2) is 8.86. The quantitative estimate of drug-likeness (QED) is 0.676. The van der Waals surface area contributed by atoms with E-state index in [0.29, 0.717) is 44.9 Å². The number of hydrogen-bond acceptors (Lipinski definition) is 5. The average molecular weight is 384 g/mol. The molecule has 0 bridgehead atoms. The second-order valence-electron chi connectivity index (χ2n) is 6.72. The van der Waals surface area contributed by atoms with Gasteiger partial charge in [0.1, 0.15) is 10.6 Å². The predicted molar refractivity (Wildman–Crippen MR) is 99.8 cm³/mol. The summed E-state index contributed by atoms with van der Waals surface area (Å²) in [5, 5.41) is 0. The molecule has 1 aliphatic rings. The first kappa shape index (κ1) is 20.7. The lowest BCUT2D eigenvalue weighted by molar-refractivity contribution is -0.149. The molecule has 0 radical (unpaired) electrons. The van der Waals surface area contributed by atoms with E-state index in [2.05, 4.69) is 0 Å². The summed E-state index contributed by atoms with van der Waals surface area (Å²) in [6, 6.07) is 5.35. The summed E-state index contributed by atoms with van der Waals surface area (Å²) < 4.78 is 38.4. The maximum absolute atomic E-state index is 13.2. The number of nitrogens with zero attached hydrogens (tertiary/aromatic N) is 1. The van der Waals surface area contributed by atoms with Gasteiger partial charge >= 0.3 is 5.97 Å². The number of piperidine rings is 1. The standard InChI is InChI=1S/C19H29NO5S/c1-5-24-17-8-7-16(14(3)4)13-18(17)26(22,23)20-11-9-15(10-12-20)19(21)25-6-2/h7-8,13-15H,5-6,9-12H2,1-4H3. The number of ether oxygens (including phenoxy) is 2. The molecule has 7 heteroatoms. The Kier molecular flexibility index (Phi) is 7.06. The van der Waals surface area contributed by atoms with E-state index in [9.17, 15) is 13.2 Å². The van der Waals surface area contributed by atoms with E-state index in [0.717, 1.165) is 5.56 Å². The van der Waals surface area contributed by atoms with Gasteiger partial charge in [0, 0.05) is 13.1 Å². The van der Waals surface area contributed by atoms with Crippen LogP contribution in [0.2, 0.25) is 0 Å². The first-order valence-corrected chi connectivity index (χ1v) is 10.7. The van der Waals surface area contributed by atoms with Crippen LogP contribution in [0, 0.1) is 5.92 Å². The summed E-state index contributed by atoms with van der Waals surface area (Å²) in [7, 11) is -3.68. The molecule has 1 heterocycles. The van der Waals surface area contributed by atoms with Gasteiger partial charge in [0.15, 0.2) is 0 Å². The summed E-state index contributed by atoms with van der Waals surface area (Å²) >= 11 is 0. The Hall–Kier alpha value is -1.60. The number of benzene rings is 1. The maximum Gasteiger partial charge on any atom is 0.309 e. The minimum atomic E-state index is -3.68. The third-order valence-corrected chi connectivity index (χ3v) is 6.55. The van der Waals surface area contributed by atoms with Gasteiger partial charge in [0.2, 0.25) is 10.0 Å². The smallest absolute Gasteiger partial charge is 0.309 e. The fraction of sp³-hybridized carbons (Fsp3) is 0.632. The Morgan fingerprint density at radius 2 is 1.85 bits per heavy atom. The lowest BCUT2D eigenvalue weighted by Crippen LogP contribution is -2.40. The van der Waals surface area contributed by atoms with Crippen molar-refractivity contribution < 1.29 is 22.7 Å². The van der Waals surface area contributed by atoms with Gasteiger partial charge in [0.25, 0.3) is 0 Å². The van der Waals surface area contributed by atoms with Crippen LogP contribution in [0.4, 0.5) is 0 Å². The van der Waals surface area contributed by atoms with Gasteiger partial charge in [-0.05, 0) is 50.3 Å². The van der Waals surface area contributed by atoms with Crippen LogP contribution in [0.15, 0.2) is 23.1 Å². The van der Waals surface area contributed by atoms with Gasteiger partial charge in [-0.15, -0.1) is 0 Å². The van der Waals surface area contributed by atoms with Gasteiger partial charge in [-0.2, -0.15) is 4.31 Å². The Morgan fingerprint density at radius 1 is 1.19 bits per heavy atom. The maximum atomic E-state index is 13.2. The fourth-order valence-corrected chi connectivity index (χ4v) is 4.73. The van der Waals surface area contributed by atoms with E-state index >= 15 is 0 Å². The number of esters is 1. The van der Waals surface area contributed by atoms with Crippen molar-refractivity contribution in [2.45, 2.75) is 51.3 Å². The molecule has 1 aromatic carbocycles. The average Bonchev–Trinajstić information content (AvgIpc) is 2.62. The van der Waals surface area contributed by atoms with E-state index in [1.54, 1.807) is 19.1 Å². The van der Waals surface area contributed by atoms with Gasteiger partial charge in [-0.3, -0.25) is 4.79 Å². The normalized spacial score (nSPS) is 16.7. The topological polar surface area (TPSA) is 72.9 Å². The van der Waals surface area contributed by atoms with Crippen molar-refractivity contribution in [2.75, 3.05) is 26.3 Å². The van der Waals surface area contributed by atoms with E-state index < -0.39 is 10.0 Å². The summed E-state index contributed by atoms with van der Waals surface area (Å²) in [4.78, 5) is 12.1. The molecule has 1 fully saturated rings. The Balaban J connectivity index is 2.24. The molecular weight excluding hydrogens is 354 g/mol. The molecule has 6 nitrogen and oxygen atoms in total. The molecule has 26 heavy (non-hydrogen) atoms. The minimum absolute atomic E-state index is 0.208. The fourth-order valence-electron chi connectivity index (χ4n) is 3.09. The second-order valence-corrected chi connectivity index (χ2v) is 8.63. The zero-order valence-corrected chi connectivity index (χ0v) is 16.8. The van der Waals surface area contributed by atoms with E-state index in [1.807, 2.05) is 26.8 Å². The van der Waals surface area contributed by atoms with Crippen LogP contribution in [0.5, 0.6) is 5.75 Å². The van der Waals surface area contributed by atoms with E-state index in [4.69, 9.17) is 9.47 Å². The molecule has 1 saturated heterocycles. The molecule has 1 aliphatic heterocycles. The Morgan fingerprint density at radius 3 is 2.38 bits per heavy atom. The van der Waals surface area contributed by atoms with Gasteiger partial charge in [-0.1, -0.05) is 19.9 Å². The molecule has 0 spiro atoms. The number of rotatable bonds is 7. The van der Waals surface area contributed by atoms with Crippen LogP contribution in [0.3, 0.4) is 0 Å². The van der Waals surface area contributed by atoms with Crippen molar-refractivity contribution in [1.29, 1.82) is 0 Å². The molecule has 0 saturated carbocycles. The highest BCUT2D eigenvalue weighted by atomic mass is 32.2. The summed E-state index contributed by atoms with van der Waals surface area (Å²) in [6.45, 7) is 9.01. The van der Waals surface area contributed by atoms with Crippen molar-refractivity contribution in [3.63, 3.8) is 0 Å². The summed E-state index contributed by atoms with van der Waals surface area (Å²) in [5.74, 6) is 0.134. The summed E-state index contributed by atoms with van der Waals surface area (Å²) in [5.41, 5.74) is 0.952. The number of carbonyl (C=O) groups is 1. The Bertz CT molecular complexity index is 721. The highest BCUT2D eigenvalue weighted by molar-refractivity contribution is 7.89. The highest BCUT2D eigenvalue weighted by Gasteiger charge is 2.34. The molecule has 0 unspecified atom stereocenters. The van der Waals surface area contributed by atoms with Crippen molar-refractivity contribution in [3.8, 4) is 5.75 Å². The van der Waals surface area contributed by atoms with Gasteiger partial charge in [0.05, 0.1) is 19.1 Å². The Labute approximate surface area is 156 Å². The third-order valence-electron chi connectivity index (χ3n) is 4.63. The monoisotopic (exact) mass is 383 g/mol. The first-order valence-electron chi connectivity index (χ1n) is 9.24. The van der Waals surface area contributed by atoms with Crippen molar-refractivity contribution in [2.24, 2.45) is 5.92 Å². The lowest BCUT2D eigenvalue weighted by Gasteiger charge is -2.30. The molecule has 2 rings (SSSR count). The van der Waals surface area contributed by atoms with Crippen molar-refractivity contribution in [3.05, 3.63) is 23.8 Å². The molecule has 0 aromatic heterocycles. The van der Waals surface area contributed by atoms with Crippen LogP contribution in [0.1, 0.15) is 52.0 Å². The number of sulfonamides is 1. The van der Waals surface area contributed by atoms with Gasteiger partial charge in [-0.25, -0.2) is 8.42 Å². The SMILES string of the molecule is CCOC(=O)C1CCN(S(=O)(=O)c2cc(C(C)C)ccc2OCC)CC1. The van der Waals surface area contributed by atoms with Crippen LogP contribution in [-0.4, -0.2) is 45.0 Å². The van der Waals surface area contributed by atoms with Crippen LogP contribution >= 0.6 is 0 Å². The third kappa shape index (κ3) is 4.57. The first-order chi connectivity index (χ1) is 12.3. The molecule has 1 aromatic rings. The van der Waals surface area contributed by atoms with Crippen LogP contribution in [0.25, 0.3) is 0 Å². The van der Waals surface area contributed by atoms with Crippen molar-refractivity contribution >= 4 is 16.0 Å². The van der Waals surface area contributed by atoms with Crippen LogP contribution < -0.4 is 4.74 Å². The number of carbonyl (C=O) groups excluding carboxylic acids is 1. The van der Waals surface area contributed by atoms with Crippen molar-refractivity contribution in [1.82, 2.24) is 4.31 Å². The minimum Gasteiger partial charge on any atom is -0.492 e. The molecular formula is C19H29NO5S. The zero-order chi connectivity index (χ0) is 19.3. The molecule has 146 valence electrons. The van der Waals surface area contributed by atoms with Gasteiger partial charge < -0.3 is 9.47 Å². The van der Waals surface area contributed by atoms with Crippen LogP contribution in [-0.2, 0) is 19.6 Å². The van der Waals surface area contributed by atoms with E-state index in [1.165, 1.54) is 4.31 Å². The largest absolute Gasteiger partial charge is 0.492 e. The summed E-state index contributed by atoms with van der Waals surface area (Å²) in [6.07, 6.45) is 0.956. The molecule has 0 atom stereocenters.